The molecular formula is C12H22FNO5. The molecule has 0 radical (unpaired) electrons. The largest absolute Gasteiger partial charge is 0.390 e. The van der Waals surface area contributed by atoms with E-state index >= 15 is 0 Å². The Morgan fingerprint density at radius 3 is 2.37 bits per heavy atom. The zero-order valence-corrected chi connectivity index (χ0v) is 11.4. The third kappa shape index (κ3) is 6.60. The molecule has 0 heterocycles. The van der Waals surface area contributed by atoms with E-state index in [1.165, 1.54) is 0 Å². The number of aliphatic hydroxyl groups is 3. The number of oxime groups is 1. The van der Waals surface area contributed by atoms with Gasteiger partial charge in [-0.15, -0.1) is 0 Å². The minimum atomic E-state index is -2.00. The van der Waals surface area contributed by atoms with Crippen LogP contribution in [0.3, 0.4) is 0 Å². The van der Waals surface area contributed by atoms with E-state index in [1.807, 2.05) is 0 Å². The Morgan fingerprint density at radius 1 is 1.32 bits per heavy atom. The number of rotatable bonds is 9. The lowest BCUT2D eigenvalue weighted by molar-refractivity contribution is -0.126. The second kappa shape index (κ2) is 8.95. The Bertz CT molecular complexity index is 298. The molecule has 0 aromatic heterocycles. The zero-order chi connectivity index (χ0) is 15.0. The highest BCUT2D eigenvalue weighted by atomic mass is 18.2. The SMILES string of the molecule is CC[C@@H](O)[C@@H](O)[C@H](O)[C@@H]([18F])/C=N/OCC(=O)C(C)C. The molecule has 0 unspecified atom stereocenters. The van der Waals surface area contributed by atoms with Crippen LogP contribution >= 0.6 is 0 Å². The van der Waals surface area contributed by atoms with Gasteiger partial charge in [-0.25, -0.2) is 4.39 Å². The van der Waals surface area contributed by atoms with Crippen molar-refractivity contribution in [2.45, 2.75) is 51.7 Å². The molecule has 0 bridgehead atoms. The van der Waals surface area contributed by atoms with E-state index in [1.54, 1.807) is 20.8 Å². The van der Waals surface area contributed by atoms with E-state index in [0.29, 0.717) is 6.21 Å². The summed E-state index contributed by atoms with van der Waals surface area (Å²) in [5, 5.41) is 31.2. The molecule has 19 heavy (non-hydrogen) atoms. The van der Waals surface area contributed by atoms with Crippen LogP contribution in [0.1, 0.15) is 27.2 Å². The first-order chi connectivity index (χ1) is 8.81. The third-order valence-corrected chi connectivity index (χ3v) is 2.62. The molecule has 0 aromatic rings. The smallest absolute Gasteiger partial charge is 0.175 e. The van der Waals surface area contributed by atoms with E-state index in [9.17, 15) is 24.5 Å². The number of hydrogen-bond donors (Lipinski definition) is 3. The van der Waals surface area contributed by atoms with Gasteiger partial charge in [0, 0.05) is 5.92 Å². The number of ketones is 1. The van der Waals surface area contributed by atoms with Gasteiger partial charge in [-0.2, -0.15) is 0 Å². The quantitative estimate of drug-likeness (QED) is 0.408. The van der Waals surface area contributed by atoms with E-state index < -0.39 is 24.5 Å². The number of Topliss-reactive ketones (excluding diaryl/α,β-unsaturated/α-hetero) is 1. The van der Waals surface area contributed by atoms with Crippen LogP contribution in [0.25, 0.3) is 0 Å². The van der Waals surface area contributed by atoms with Gasteiger partial charge in [0.25, 0.3) is 0 Å². The van der Waals surface area contributed by atoms with Crippen molar-refractivity contribution in [3.8, 4) is 0 Å². The van der Waals surface area contributed by atoms with Crippen molar-refractivity contribution >= 4 is 12.0 Å². The molecule has 0 saturated carbocycles. The molecule has 6 nitrogen and oxygen atoms in total. The summed E-state index contributed by atoms with van der Waals surface area (Å²) >= 11 is 0. The Hall–Kier alpha value is -1.05. The van der Waals surface area contributed by atoms with Gasteiger partial charge in [0.05, 0.1) is 12.3 Å². The first-order valence-corrected chi connectivity index (χ1v) is 6.17. The second-order valence-electron chi connectivity index (χ2n) is 4.55. The Morgan fingerprint density at radius 2 is 1.89 bits per heavy atom. The summed E-state index contributed by atoms with van der Waals surface area (Å²) in [4.78, 5) is 15.7. The summed E-state index contributed by atoms with van der Waals surface area (Å²) < 4.78 is 13.4. The van der Waals surface area contributed by atoms with Crippen LogP contribution in [0.15, 0.2) is 5.16 Å². The fourth-order valence-corrected chi connectivity index (χ4v) is 1.11. The van der Waals surface area contributed by atoms with Crippen molar-refractivity contribution in [2.24, 2.45) is 11.1 Å². The first-order valence-electron chi connectivity index (χ1n) is 6.17. The highest BCUT2D eigenvalue weighted by Crippen LogP contribution is 2.09. The summed E-state index contributed by atoms with van der Waals surface area (Å²) in [5.41, 5.74) is 0. The fourth-order valence-electron chi connectivity index (χ4n) is 1.11. The standard InChI is InChI=1S/C12H22FNO5/c1-4-9(15)12(18)11(17)8(13)5-14-19-6-10(16)7(2)3/h5,7-9,11-12,15,17-18H,4,6H2,1-3H3/b14-5+/t8-,9+,11+,12+/m0/s1/i13-1. The van der Waals surface area contributed by atoms with Gasteiger partial charge in [0.2, 0.25) is 0 Å². The average Bonchev–Trinajstić information content (AvgIpc) is 2.39. The molecule has 4 atom stereocenters. The van der Waals surface area contributed by atoms with E-state index in [2.05, 4.69) is 9.99 Å². The third-order valence-electron chi connectivity index (χ3n) is 2.62. The molecule has 0 saturated heterocycles. The summed E-state index contributed by atoms with van der Waals surface area (Å²) in [5.74, 6) is -0.391. The van der Waals surface area contributed by atoms with Crippen LogP contribution in [0, 0.1) is 5.92 Å². The van der Waals surface area contributed by atoms with E-state index in [0.717, 1.165) is 0 Å². The molecule has 112 valence electrons. The molecule has 0 aromatic carbocycles. The van der Waals surface area contributed by atoms with Crippen molar-refractivity contribution in [2.75, 3.05) is 6.61 Å². The van der Waals surface area contributed by atoms with Gasteiger partial charge in [-0.05, 0) is 6.42 Å². The number of hydrogen-bond acceptors (Lipinski definition) is 6. The monoisotopic (exact) mass is 278 g/mol. The van der Waals surface area contributed by atoms with Crippen molar-refractivity contribution in [1.29, 1.82) is 0 Å². The number of aliphatic hydroxyl groups excluding tert-OH is 3. The van der Waals surface area contributed by atoms with Crippen LogP contribution in [-0.4, -0.2) is 58.4 Å². The highest BCUT2D eigenvalue weighted by Gasteiger charge is 2.29. The van der Waals surface area contributed by atoms with E-state index in [4.69, 9.17) is 0 Å². The summed E-state index contributed by atoms with van der Waals surface area (Å²) in [7, 11) is 0. The van der Waals surface area contributed by atoms with Gasteiger partial charge >= 0.3 is 0 Å². The minimum absolute atomic E-state index is 0.182. The molecule has 3 N–H and O–H groups in total. The van der Waals surface area contributed by atoms with Crippen LogP contribution < -0.4 is 0 Å². The summed E-state index contributed by atoms with van der Waals surface area (Å²) in [6.07, 6.45) is -5.80. The predicted octanol–water partition coefficient (Wildman–Crippen LogP) is 0.0447. The van der Waals surface area contributed by atoms with Crippen LogP contribution in [0.2, 0.25) is 0 Å². The maximum atomic E-state index is 13.4. The fraction of sp³-hybridized carbons (Fsp3) is 0.833. The van der Waals surface area contributed by atoms with Crippen molar-refractivity contribution < 1.29 is 29.3 Å². The maximum Gasteiger partial charge on any atom is 0.175 e. The number of alkyl halides is 1. The van der Waals surface area contributed by atoms with Crippen LogP contribution in [0.5, 0.6) is 0 Å². The van der Waals surface area contributed by atoms with Gasteiger partial charge in [-0.1, -0.05) is 25.9 Å². The molecule has 0 aliphatic heterocycles. The van der Waals surface area contributed by atoms with Crippen molar-refractivity contribution in [3.63, 3.8) is 0 Å². The van der Waals surface area contributed by atoms with Crippen molar-refractivity contribution in [1.82, 2.24) is 0 Å². The van der Waals surface area contributed by atoms with Crippen molar-refractivity contribution in [3.05, 3.63) is 0 Å². The Kier molecular flexibility index (Phi) is 8.46. The maximum absolute atomic E-state index is 13.4. The van der Waals surface area contributed by atoms with Gasteiger partial charge < -0.3 is 20.2 Å². The minimum Gasteiger partial charge on any atom is -0.390 e. The molecular weight excluding hydrogens is 256 g/mol. The molecule has 0 aliphatic carbocycles. The first kappa shape index (κ1) is 17.9. The Labute approximate surface area is 111 Å². The molecule has 0 spiro atoms. The molecule has 0 amide bonds. The van der Waals surface area contributed by atoms with Gasteiger partial charge in [0.15, 0.2) is 18.6 Å². The summed E-state index contributed by atoms with van der Waals surface area (Å²) in [6.45, 7) is 4.69. The van der Waals surface area contributed by atoms with E-state index in [-0.39, 0.29) is 24.7 Å². The number of carbonyl (C=O) groups is 1. The molecule has 0 rings (SSSR count). The predicted molar refractivity (Wildman–Crippen MR) is 67.5 cm³/mol. The molecule has 0 aliphatic rings. The lowest BCUT2D eigenvalue weighted by Crippen LogP contribution is -2.43. The topological polar surface area (TPSA) is 99.3 Å². The molecule has 0 fully saturated rings. The number of halogens is 1. The zero-order valence-electron chi connectivity index (χ0n) is 11.4. The van der Waals surface area contributed by atoms with Crippen LogP contribution in [0.4, 0.5) is 4.39 Å². The molecule has 7 heteroatoms. The lowest BCUT2D eigenvalue weighted by Gasteiger charge is -2.22. The lowest BCUT2D eigenvalue weighted by atomic mass is 10.0. The Balaban J connectivity index is 4.15. The second-order valence-corrected chi connectivity index (χ2v) is 4.55. The van der Waals surface area contributed by atoms with Crippen LogP contribution in [-0.2, 0) is 9.63 Å². The average molecular weight is 278 g/mol. The summed E-state index contributed by atoms with van der Waals surface area (Å²) in [6, 6.07) is 0. The normalized spacial score (nSPS) is 18.3. The number of nitrogens with zero attached hydrogens (tertiary/aromatic N) is 1. The number of carbonyl (C=O) groups excluding carboxylic acids is 1. The van der Waals surface area contributed by atoms with Gasteiger partial charge in [-0.3, -0.25) is 4.79 Å². The highest BCUT2D eigenvalue weighted by molar-refractivity contribution is 5.81. The van der Waals surface area contributed by atoms with Gasteiger partial charge in [0.1, 0.15) is 12.2 Å².